The minimum absolute atomic E-state index is 0.0651. The molecule has 0 radical (unpaired) electrons. The van der Waals surface area contributed by atoms with E-state index in [0.29, 0.717) is 17.1 Å². The minimum atomic E-state index is -0.261. The summed E-state index contributed by atoms with van der Waals surface area (Å²) in [5, 5.41) is 5.96. The lowest BCUT2D eigenvalue weighted by Crippen LogP contribution is -2.36. The Hall–Kier alpha value is -1.60. The van der Waals surface area contributed by atoms with Gasteiger partial charge in [-0.05, 0) is 52.4 Å². The molecule has 0 aromatic heterocycles. The van der Waals surface area contributed by atoms with Crippen LogP contribution in [0.1, 0.15) is 15.9 Å². The largest absolute Gasteiger partial charge is 0.350 e. The fourth-order valence-corrected chi connectivity index (χ4v) is 2.66. The Balaban J connectivity index is 1.81. The molecule has 0 bridgehead atoms. The van der Waals surface area contributed by atoms with E-state index in [9.17, 15) is 9.59 Å². The molecule has 0 aliphatic rings. The molecule has 6 heteroatoms. The van der Waals surface area contributed by atoms with Gasteiger partial charge in [0, 0.05) is 15.1 Å². The molecule has 2 N–H and O–H groups in total. The lowest BCUT2D eigenvalue weighted by molar-refractivity contribution is -0.120. The van der Waals surface area contributed by atoms with Crippen LogP contribution in [0, 0.1) is 3.57 Å². The van der Waals surface area contributed by atoms with Gasteiger partial charge in [0.25, 0.3) is 5.91 Å². The van der Waals surface area contributed by atoms with Gasteiger partial charge in [0.2, 0.25) is 5.91 Å². The van der Waals surface area contributed by atoms with Crippen LogP contribution in [0.4, 0.5) is 0 Å². The molecule has 0 unspecified atom stereocenters. The highest BCUT2D eigenvalue weighted by molar-refractivity contribution is 14.1. The zero-order valence-corrected chi connectivity index (χ0v) is 14.5. The predicted octanol–water partition coefficient (Wildman–Crippen LogP) is 2.99. The molecule has 2 rings (SSSR count). The van der Waals surface area contributed by atoms with Gasteiger partial charge < -0.3 is 10.6 Å². The third-order valence-corrected chi connectivity index (χ3v) is 4.08. The van der Waals surface area contributed by atoms with Gasteiger partial charge in [0.1, 0.15) is 0 Å². The molecule has 0 aliphatic heterocycles. The third kappa shape index (κ3) is 4.99. The van der Waals surface area contributed by atoms with Crippen molar-refractivity contribution >= 4 is 46.0 Å². The van der Waals surface area contributed by atoms with E-state index in [4.69, 9.17) is 11.6 Å². The first-order valence-electron chi connectivity index (χ1n) is 6.60. The Kier molecular flexibility index (Phi) is 6.21. The predicted molar refractivity (Wildman–Crippen MR) is 94.8 cm³/mol. The number of hydrogen-bond acceptors (Lipinski definition) is 2. The van der Waals surface area contributed by atoms with E-state index in [1.165, 1.54) is 0 Å². The molecule has 114 valence electrons. The summed E-state index contributed by atoms with van der Waals surface area (Å²) in [6.07, 6.45) is 0. The maximum atomic E-state index is 12.0. The standard InChI is InChI=1S/C16H14ClIN2O2/c17-12-5-3-4-11(8-12)9-19-15(21)10-20-16(22)13-6-1-2-7-14(13)18/h1-8H,9-10H2,(H,19,21)(H,20,22). The first-order valence-corrected chi connectivity index (χ1v) is 8.06. The van der Waals surface area contributed by atoms with Crippen molar-refractivity contribution in [3.05, 3.63) is 68.3 Å². The van der Waals surface area contributed by atoms with Crippen LogP contribution in [-0.4, -0.2) is 18.4 Å². The molecule has 2 aromatic rings. The van der Waals surface area contributed by atoms with E-state index in [0.717, 1.165) is 9.13 Å². The SMILES string of the molecule is O=C(CNC(=O)c1ccccc1I)NCc1cccc(Cl)c1. The van der Waals surface area contributed by atoms with E-state index in [1.54, 1.807) is 24.3 Å². The number of rotatable bonds is 5. The zero-order chi connectivity index (χ0) is 15.9. The molecule has 0 fully saturated rings. The number of hydrogen-bond donors (Lipinski definition) is 2. The first kappa shape index (κ1) is 16.8. The van der Waals surface area contributed by atoms with Crippen molar-refractivity contribution in [1.29, 1.82) is 0 Å². The van der Waals surface area contributed by atoms with Crippen molar-refractivity contribution in [2.45, 2.75) is 6.54 Å². The van der Waals surface area contributed by atoms with Crippen LogP contribution in [0.25, 0.3) is 0 Å². The Morgan fingerprint density at radius 3 is 2.55 bits per heavy atom. The monoisotopic (exact) mass is 428 g/mol. The molecule has 0 heterocycles. The fourth-order valence-electron chi connectivity index (χ4n) is 1.81. The smallest absolute Gasteiger partial charge is 0.252 e. The van der Waals surface area contributed by atoms with E-state index >= 15 is 0 Å². The lowest BCUT2D eigenvalue weighted by atomic mass is 10.2. The maximum absolute atomic E-state index is 12.0. The van der Waals surface area contributed by atoms with Crippen LogP contribution < -0.4 is 10.6 Å². The van der Waals surface area contributed by atoms with Gasteiger partial charge in [-0.2, -0.15) is 0 Å². The molecule has 0 saturated carbocycles. The van der Waals surface area contributed by atoms with Gasteiger partial charge in [-0.25, -0.2) is 0 Å². The van der Waals surface area contributed by atoms with Crippen LogP contribution in [0.3, 0.4) is 0 Å². The van der Waals surface area contributed by atoms with Crippen molar-refractivity contribution in [1.82, 2.24) is 10.6 Å². The van der Waals surface area contributed by atoms with Gasteiger partial charge in [0.05, 0.1) is 12.1 Å². The molecule has 2 amide bonds. The van der Waals surface area contributed by atoms with Crippen molar-refractivity contribution < 1.29 is 9.59 Å². The van der Waals surface area contributed by atoms with E-state index in [-0.39, 0.29) is 18.4 Å². The summed E-state index contributed by atoms with van der Waals surface area (Å²) in [4.78, 5) is 23.7. The zero-order valence-electron chi connectivity index (χ0n) is 11.6. The van der Waals surface area contributed by atoms with Gasteiger partial charge in [-0.3, -0.25) is 9.59 Å². The maximum Gasteiger partial charge on any atom is 0.252 e. The molecule has 0 aliphatic carbocycles. The highest BCUT2D eigenvalue weighted by atomic mass is 127. The minimum Gasteiger partial charge on any atom is -0.350 e. The first-order chi connectivity index (χ1) is 10.6. The van der Waals surface area contributed by atoms with Crippen LogP contribution in [0.5, 0.6) is 0 Å². The van der Waals surface area contributed by atoms with E-state index < -0.39 is 0 Å². The lowest BCUT2D eigenvalue weighted by Gasteiger charge is -2.08. The number of halogens is 2. The summed E-state index contributed by atoms with van der Waals surface area (Å²) in [6.45, 7) is 0.308. The highest BCUT2D eigenvalue weighted by Crippen LogP contribution is 2.11. The molecule has 0 spiro atoms. The number of nitrogens with one attached hydrogen (secondary N) is 2. The molecule has 2 aromatic carbocycles. The van der Waals surface area contributed by atoms with Gasteiger partial charge in [-0.15, -0.1) is 0 Å². The quantitative estimate of drug-likeness (QED) is 0.720. The number of carbonyl (C=O) groups excluding carboxylic acids is 2. The fraction of sp³-hybridized carbons (Fsp3) is 0.125. The average molecular weight is 429 g/mol. The Labute approximate surface area is 147 Å². The highest BCUT2D eigenvalue weighted by Gasteiger charge is 2.10. The van der Waals surface area contributed by atoms with Crippen LogP contribution in [-0.2, 0) is 11.3 Å². The normalized spacial score (nSPS) is 10.1. The second-order valence-corrected chi connectivity index (χ2v) is 6.17. The summed E-state index contributed by atoms with van der Waals surface area (Å²) >= 11 is 7.96. The van der Waals surface area contributed by atoms with Gasteiger partial charge >= 0.3 is 0 Å². The Bertz CT molecular complexity index is 691. The van der Waals surface area contributed by atoms with Crippen LogP contribution >= 0.6 is 34.2 Å². The van der Waals surface area contributed by atoms with Crippen molar-refractivity contribution in [2.75, 3.05) is 6.54 Å². The summed E-state index contributed by atoms with van der Waals surface area (Å²) in [7, 11) is 0. The van der Waals surface area contributed by atoms with Gasteiger partial charge in [-0.1, -0.05) is 35.9 Å². The van der Waals surface area contributed by atoms with Gasteiger partial charge in [0.15, 0.2) is 0 Å². The van der Waals surface area contributed by atoms with Crippen LogP contribution in [0.2, 0.25) is 5.02 Å². The van der Waals surface area contributed by atoms with E-state index in [2.05, 4.69) is 33.2 Å². The number of amides is 2. The summed E-state index contributed by atoms with van der Waals surface area (Å²) < 4.78 is 0.844. The molecule has 0 atom stereocenters. The third-order valence-electron chi connectivity index (χ3n) is 2.91. The van der Waals surface area contributed by atoms with Crippen molar-refractivity contribution in [3.63, 3.8) is 0 Å². The second-order valence-electron chi connectivity index (χ2n) is 4.57. The molecular weight excluding hydrogens is 415 g/mol. The molecule has 0 saturated heterocycles. The molecule has 22 heavy (non-hydrogen) atoms. The van der Waals surface area contributed by atoms with Crippen molar-refractivity contribution in [3.8, 4) is 0 Å². The summed E-state index contributed by atoms with van der Waals surface area (Å²) in [6, 6.07) is 14.5. The molecule has 4 nitrogen and oxygen atoms in total. The molecular formula is C16H14ClIN2O2. The van der Waals surface area contributed by atoms with E-state index in [1.807, 2.05) is 24.3 Å². The topological polar surface area (TPSA) is 58.2 Å². The second kappa shape index (κ2) is 8.14. The number of carbonyl (C=O) groups is 2. The Morgan fingerprint density at radius 1 is 1.05 bits per heavy atom. The Morgan fingerprint density at radius 2 is 1.82 bits per heavy atom. The summed E-state index contributed by atoms with van der Waals surface area (Å²) in [5.74, 6) is -0.512. The number of benzene rings is 2. The summed E-state index contributed by atoms with van der Waals surface area (Å²) in [5.41, 5.74) is 1.47. The van der Waals surface area contributed by atoms with Crippen LogP contribution in [0.15, 0.2) is 48.5 Å². The average Bonchev–Trinajstić information content (AvgIpc) is 2.51. The van der Waals surface area contributed by atoms with Crippen molar-refractivity contribution in [2.24, 2.45) is 0 Å².